The Morgan fingerprint density at radius 2 is 1.91 bits per heavy atom. The van der Waals surface area contributed by atoms with Crippen LogP contribution in [0.5, 0.6) is 0 Å². The van der Waals surface area contributed by atoms with Crippen LogP contribution in [0.15, 0.2) is 43.3 Å². The molecule has 2 aromatic rings. The zero-order valence-electron chi connectivity index (χ0n) is 15.2. The molecule has 2 rings (SSSR count). The maximum absolute atomic E-state index is 3.89. The van der Waals surface area contributed by atoms with Crippen LogP contribution in [0, 0.1) is 26.7 Å². The highest BCUT2D eigenvalue weighted by molar-refractivity contribution is 5.84. The summed E-state index contributed by atoms with van der Waals surface area (Å²) >= 11 is 0. The molecule has 0 aliphatic carbocycles. The lowest BCUT2D eigenvalue weighted by Crippen LogP contribution is -2.25. The molecule has 3 N–H and O–H groups in total. The van der Waals surface area contributed by atoms with E-state index in [0.29, 0.717) is 5.92 Å². The summed E-state index contributed by atoms with van der Waals surface area (Å²) in [5, 5.41) is 7.57. The molecule has 0 fully saturated rings. The molecule has 0 radical (unpaired) electrons. The second-order valence-corrected chi connectivity index (χ2v) is 6.19. The van der Waals surface area contributed by atoms with Crippen molar-refractivity contribution in [2.45, 2.75) is 34.6 Å². The number of hydrogen-bond donors (Lipinski definition) is 3. The van der Waals surface area contributed by atoms with Crippen molar-refractivity contribution in [2.24, 2.45) is 5.92 Å². The predicted octanol–water partition coefficient (Wildman–Crippen LogP) is 4.57. The first kappa shape index (κ1) is 18.9. The minimum atomic E-state index is 0.513. The number of rotatable bonds is 6. The molecule has 0 saturated heterocycles. The summed E-state index contributed by atoms with van der Waals surface area (Å²) in [5.74, 6) is 0.513. The van der Waals surface area contributed by atoms with Gasteiger partial charge in [0.1, 0.15) is 0 Å². The van der Waals surface area contributed by atoms with E-state index < -0.39 is 0 Å². The zero-order valence-corrected chi connectivity index (χ0v) is 15.2. The zero-order chi connectivity index (χ0) is 17.4. The van der Waals surface area contributed by atoms with Crippen molar-refractivity contribution in [1.29, 1.82) is 0 Å². The summed E-state index contributed by atoms with van der Waals surface area (Å²) < 4.78 is 0. The molecular formula is C20H31N3. The molecule has 0 aliphatic rings. The molecule has 126 valence electrons. The van der Waals surface area contributed by atoms with Gasteiger partial charge in [0, 0.05) is 35.4 Å². The topological polar surface area (TPSA) is 39.8 Å². The van der Waals surface area contributed by atoms with Crippen LogP contribution in [0.25, 0.3) is 10.9 Å². The van der Waals surface area contributed by atoms with Gasteiger partial charge < -0.3 is 15.6 Å². The van der Waals surface area contributed by atoms with Crippen LogP contribution in [0.1, 0.15) is 30.7 Å². The van der Waals surface area contributed by atoms with Gasteiger partial charge in [0.15, 0.2) is 0 Å². The molecule has 0 aliphatic heterocycles. The van der Waals surface area contributed by atoms with Gasteiger partial charge in [-0.15, -0.1) is 0 Å². The van der Waals surface area contributed by atoms with Gasteiger partial charge in [0.25, 0.3) is 0 Å². The van der Waals surface area contributed by atoms with Crippen molar-refractivity contribution < 1.29 is 0 Å². The van der Waals surface area contributed by atoms with Gasteiger partial charge >= 0.3 is 0 Å². The van der Waals surface area contributed by atoms with Crippen LogP contribution in [0.4, 0.5) is 0 Å². The number of aryl methyl sites for hydroxylation is 3. The summed E-state index contributed by atoms with van der Waals surface area (Å²) in [6.45, 7) is 19.9. The highest BCUT2D eigenvalue weighted by atomic mass is 14.9. The molecule has 0 bridgehead atoms. The van der Waals surface area contributed by atoms with Crippen LogP contribution in [0.3, 0.4) is 0 Å². The summed E-state index contributed by atoms with van der Waals surface area (Å²) in [6, 6.07) is 6.51. The molecule has 1 aromatic heterocycles. The Hall–Kier alpha value is -2.16. The Balaban J connectivity index is 0.000000232. The van der Waals surface area contributed by atoms with Crippen LogP contribution in [-0.2, 0) is 0 Å². The van der Waals surface area contributed by atoms with E-state index in [1.807, 2.05) is 0 Å². The first-order valence-electron chi connectivity index (χ1n) is 8.19. The average Bonchev–Trinajstić information content (AvgIpc) is 2.79. The number of allylic oxidation sites excluding steroid dienone is 1. The largest absolute Gasteiger partial charge is 0.390 e. The van der Waals surface area contributed by atoms with Crippen LogP contribution in [0.2, 0.25) is 0 Å². The molecule has 1 heterocycles. The number of benzene rings is 1. The third-order valence-electron chi connectivity index (χ3n) is 3.93. The summed E-state index contributed by atoms with van der Waals surface area (Å²) in [5.41, 5.74) is 6.31. The second-order valence-electron chi connectivity index (χ2n) is 6.19. The maximum Gasteiger partial charge on any atom is 0.0458 e. The van der Waals surface area contributed by atoms with E-state index >= 15 is 0 Å². The first-order chi connectivity index (χ1) is 10.9. The quantitative estimate of drug-likeness (QED) is 0.684. The number of aromatic amines is 1. The van der Waals surface area contributed by atoms with Gasteiger partial charge in [0.05, 0.1) is 0 Å². The molecule has 0 atom stereocenters. The van der Waals surface area contributed by atoms with Crippen LogP contribution < -0.4 is 10.6 Å². The van der Waals surface area contributed by atoms with Crippen LogP contribution in [-0.4, -0.2) is 18.1 Å². The minimum Gasteiger partial charge on any atom is -0.390 e. The molecule has 0 saturated carbocycles. The number of fused-ring (bicyclic) bond motifs is 1. The van der Waals surface area contributed by atoms with Crippen molar-refractivity contribution in [1.82, 2.24) is 15.6 Å². The normalized spacial score (nSPS) is 10.2. The van der Waals surface area contributed by atoms with Gasteiger partial charge in [-0.25, -0.2) is 0 Å². The third-order valence-corrected chi connectivity index (χ3v) is 3.93. The van der Waals surface area contributed by atoms with E-state index in [1.165, 1.54) is 27.7 Å². The summed E-state index contributed by atoms with van der Waals surface area (Å²) in [7, 11) is 0. The van der Waals surface area contributed by atoms with Crippen molar-refractivity contribution in [3.05, 3.63) is 60.1 Å². The van der Waals surface area contributed by atoms with Gasteiger partial charge in [-0.3, -0.25) is 0 Å². The van der Waals surface area contributed by atoms with Crippen molar-refractivity contribution in [3.63, 3.8) is 0 Å². The first-order valence-corrected chi connectivity index (χ1v) is 8.19. The second kappa shape index (κ2) is 9.09. The molecule has 0 unspecified atom stereocenters. The van der Waals surface area contributed by atoms with Crippen molar-refractivity contribution >= 4 is 10.9 Å². The number of aromatic nitrogens is 1. The fourth-order valence-corrected chi connectivity index (χ4v) is 2.18. The highest BCUT2D eigenvalue weighted by Crippen LogP contribution is 2.21. The van der Waals surface area contributed by atoms with E-state index in [1.54, 1.807) is 6.20 Å². The standard InChI is InChI=1S/C11H13N.C9H18N2/c1-7-4-5-11-10(6-7)8(2)9(3)12-11;1-5-10-6-7-11-9(4)8(2)3/h4-6,12H,1-3H3;5,8,10-11H,1,4,6-7H2,2-3H3. The molecular weight excluding hydrogens is 282 g/mol. The van der Waals surface area contributed by atoms with Crippen LogP contribution >= 0.6 is 0 Å². The SMILES string of the molecule is C=CNCCNC(=C)C(C)C.Cc1ccc2[nH]c(C)c(C)c2c1. The fraction of sp³-hybridized carbons (Fsp3) is 0.400. The molecule has 0 amide bonds. The Morgan fingerprint density at radius 1 is 1.22 bits per heavy atom. The van der Waals surface area contributed by atoms with Crippen molar-refractivity contribution in [2.75, 3.05) is 13.1 Å². The number of hydrogen-bond acceptors (Lipinski definition) is 2. The smallest absolute Gasteiger partial charge is 0.0458 e. The average molecular weight is 313 g/mol. The molecule has 1 aromatic carbocycles. The van der Waals surface area contributed by atoms with E-state index in [0.717, 1.165) is 18.8 Å². The van der Waals surface area contributed by atoms with Gasteiger partial charge in [-0.2, -0.15) is 0 Å². The lowest BCUT2D eigenvalue weighted by molar-refractivity contribution is 0.643. The summed E-state index contributed by atoms with van der Waals surface area (Å²) in [4.78, 5) is 3.35. The minimum absolute atomic E-state index is 0.513. The van der Waals surface area contributed by atoms with Gasteiger partial charge in [0.2, 0.25) is 0 Å². The molecule has 3 nitrogen and oxygen atoms in total. The Labute approximate surface area is 140 Å². The van der Waals surface area contributed by atoms with Crippen molar-refractivity contribution in [3.8, 4) is 0 Å². The molecule has 23 heavy (non-hydrogen) atoms. The van der Waals surface area contributed by atoms with Gasteiger partial charge in [-0.1, -0.05) is 38.6 Å². The van der Waals surface area contributed by atoms with Gasteiger partial charge in [-0.05, 0) is 50.6 Å². The lowest BCUT2D eigenvalue weighted by Gasteiger charge is -2.11. The van der Waals surface area contributed by atoms with E-state index in [9.17, 15) is 0 Å². The highest BCUT2D eigenvalue weighted by Gasteiger charge is 2.02. The van der Waals surface area contributed by atoms with E-state index in [-0.39, 0.29) is 0 Å². The number of nitrogens with one attached hydrogen (secondary N) is 3. The van der Waals surface area contributed by atoms with E-state index in [4.69, 9.17) is 0 Å². The summed E-state index contributed by atoms with van der Waals surface area (Å²) in [6.07, 6.45) is 1.69. The third kappa shape index (κ3) is 5.85. The Morgan fingerprint density at radius 3 is 2.52 bits per heavy atom. The number of H-pyrrole nitrogens is 1. The monoisotopic (exact) mass is 313 g/mol. The fourth-order valence-electron chi connectivity index (χ4n) is 2.18. The maximum atomic E-state index is 3.89. The predicted molar refractivity (Wildman–Crippen MR) is 103 cm³/mol. The molecule has 0 spiro atoms. The van der Waals surface area contributed by atoms with E-state index in [2.05, 4.69) is 81.6 Å². The lowest BCUT2D eigenvalue weighted by atomic mass is 10.1. The Kier molecular flexibility index (Phi) is 7.46. The molecule has 3 heteroatoms. The Bertz CT molecular complexity index is 650.